The fourth-order valence-electron chi connectivity index (χ4n) is 2.14. The number of carbonyl (C=O) groups excluding carboxylic acids is 2. The molecule has 0 spiro atoms. The lowest BCUT2D eigenvalue weighted by Crippen LogP contribution is -2.44. The van der Waals surface area contributed by atoms with E-state index in [-0.39, 0.29) is 11.8 Å². The summed E-state index contributed by atoms with van der Waals surface area (Å²) in [5.41, 5.74) is 0. The lowest BCUT2D eigenvalue weighted by Gasteiger charge is -2.36. The largest absolute Gasteiger partial charge is 0.295 e. The van der Waals surface area contributed by atoms with E-state index in [9.17, 15) is 9.59 Å². The highest BCUT2D eigenvalue weighted by Crippen LogP contribution is 2.55. The molecule has 2 amide bonds. The first-order valence-electron chi connectivity index (χ1n) is 5.16. The third-order valence-electron chi connectivity index (χ3n) is 3.03. The van der Waals surface area contributed by atoms with Crippen LogP contribution in [0, 0.1) is 5.92 Å². The first-order valence-corrected chi connectivity index (χ1v) is 7.60. The molecule has 1 saturated heterocycles. The van der Waals surface area contributed by atoms with Crippen molar-refractivity contribution in [3.63, 3.8) is 0 Å². The Kier molecular flexibility index (Phi) is 4.16. The number of fused-ring (bicyclic) bond motifs is 1. The van der Waals surface area contributed by atoms with Crippen LogP contribution in [0.15, 0.2) is 12.2 Å². The Hall–Kier alpha value is 0.390. The average molecular weight is 349 g/mol. The SMILES string of the molecule is O=C1NC(=O)C2(SC(Cl)(Cl)C(Cl)Cl)CC=CCC12. The summed E-state index contributed by atoms with van der Waals surface area (Å²) >= 11 is 24.4. The molecule has 0 aromatic heterocycles. The molecular weight excluding hydrogens is 340 g/mol. The number of carbonyl (C=O) groups is 2. The summed E-state index contributed by atoms with van der Waals surface area (Å²) in [6.07, 6.45) is 4.55. The van der Waals surface area contributed by atoms with Gasteiger partial charge in [-0.05, 0) is 12.8 Å². The van der Waals surface area contributed by atoms with E-state index in [2.05, 4.69) is 5.32 Å². The Labute approximate surface area is 129 Å². The van der Waals surface area contributed by atoms with Crippen molar-refractivity contribution in [2.75, 3.05) is 0 Å². The van der Waals surface area contributed by atoms with Crippen molar-refractivity contribution in [2.24, 2.45) is 5.92 Å². The Balaban J connectivity index is 2.34. The molecule has 0 saturated carbocycles. The van der Waals surface area contributed by atoms with E-state index >= 15 is 0 Å². The molecule has 2 rings (SSSR count). The van der Waals surface area contributed by atoms with Crippen molar-refractivity contribution in [3.05, 3.63) is 12.2 Å². The van der Waals surface area contributed by atoms with E-state index in [4.69, 9.17) is 46.4 Å². The van der Waals surface area contributed by atoms with Crippen LogP contribution in [-0.2, 0) is 9.59 Å². The molecule has 1 aliphatic carbocycles. The Morgan fingerprint density at radius 1 is 1.39 bits per heavy atom. The predicted octanol–water partition coefficient (Wildman–Crippen LogP) is 3.02. The van der Waals surface area contributed by atoms with Gasteiger partial charge in [0, 0.05) is 0 Å². The molecule has 2 unspecified atom stereocenters. The van der Waals surface area contributed by atoms with Gasteiger partial charge in [0.15, 0.2) is 3.67 Å². The maximum atomic E-state index is 12.1. The van der Waals surface area contributed by atoms with Crippen molar-refractivity contribution in [2.45, 2.75) is 26.1 Å². The van der Waals surface area contributed by atoms with Crippen LogP contribution in [0.2, 0.25) is 0 Å². The number of thioether (sulfide) groups is 1. The lowest BCUT2D eigenvalue weighted by atomic mass is 9.84. The number of hydrogen-bond acceptors (Lipinski definition) is 3. The van der Waals surface area contributed by atoms with Crippen molar-refractivity contribution in [1.82, 2.24) is 5.32 Å². The first-order chi connectivity index (χ1) is 8.29. The van der Waals surface area contributed by atoms with Gasteiger partial charge in [0.2, 0.25) is 11.8 Å². The molecular formula is C10H9Cl4NO2S. The second-order valence-electron chi connectivity index (χ2n) is 4.14. The Bertz CT molecular complexity index is 426. The van der Waals surface area contributed by atoms with Crippen molar-refractivity contribution in [1.29, 1.82) is 0 Å². The van der Waals surface area contributed by atoms with E-state index in [1.54, 1.807) is 0 Å². The molecule has 0 aromatic carbocycles. The Morgan fingerprint density at radius 3 is 2.67 bits per heavy atom. The molecule has 1 N–H and O–H groups in total. The summed E-state index contributed by atoms with van der Waals surface area (Å²) in [6, 6.07) is 0. The van der Waals surface area contributed by atoms with Crippen LogP contribution >= 0.6 is 58.2 Å². The molecule has 0 bridgehead atoms. The van der Waals surface area contributed by atoms with Gasteiger partial charge in [-0.1, -0.05) is 35.4 Å². The highest BCUT2D eigenvalue weighted by molar-refractivity contribution is 8.05. The highest BCUT2D eigenvalue weighted by atomic mass is 35.5. The molecule has 100 valence electrons. The third-order valence-corrected chi connectivity index (χ3v) is 6.80. The third kappa shape index (κ3) is 2.38. The van der Waals surface area contributed by atoms with E-state index in [0.29, 0.717) is 12.8 Å². The van der Waals surface area contributed by atoms with Crippen LogP contribution in [0.3, 0.4) is 0 Å². The summed E-state index contributed by atoms with van der Waals surface area (Å²) in [4.78, 5) is 22.7. The Morgan fingerprint density at radius 2 is 2.06 bits per heavy atom. The maximum absolute atomic E-state index is 12.1. The number of amides is 2. The van der Waals surface area contributed by atoms with Crippen LogP contribution in [0.4, 0.5) is 0 Å². The molecule has 2 aliphatic rings. The summed E-state index contributed by atoms with van der Waals surface area (Å²) in [5, 5.41) is 2.32. The second kappa shape index (κ2) is 5.06. The zero-order valence-electron chi connectivity index (χ0n) is 8.96. The molecule has 1 aliphatic heterocycles. The summed E-state index contributed by atoms with van der Waals surface area (Å²) in [6.45, 7) is 0. The number of hydrogen-bond donors (Lipinski definition) is 1. The van der Waals surface area contributed by atoms with Crippen LogP contribution in [0.25, 0.3) is 0 Å². The zero-order chi connectivity index (χ0) is 13.6. The number of nitrogens with one attached hydrogen (secondary N) is 1. The van der Waals surface area contributed by atoms with Crippen LogP contribution < -0.4 is 5.32 Å². The minimum Gasteiger partial charge on any atom is -0.295 e. The molecule has 18 heavy (non-hydrogen) atoms. The monoisotopic (exact) mass is 347 g/mol. The van der Waals surface area contributed by atoms with Gasteiger partial charge in [0.1, 0.15) is 9.58 Å². The molecule has 0 aromatic rings. The van der Waals surface area contributed by atoms with Crippen molar-refractivity contribution >= 4 is 70.0 Å². The van der Waals surface area contributed by atoms with Crippen molar-refractivity contribution < 1.29 is 9.59 Å². The number of alkyl halides is 4. The van der Waals surface area contributed by atoms with Gasteiger partial charge in [-0.2, -0.15) is 0 Å². The molecule has 1 heterocycles. The maximum Gasteiger partial charge on any atom is 0.244 e. The molecule has 2 atom stereocenters. The van der Waals surface area contributed by atoms with Gasteiger partial charge in [0.05, 0.1) is 5.92 Å². The topological polar surface area (TPSA) is 46.2 Å². The first kappa shape index (κ1) is 14.8. The predicted molar refractivity (Wildman–Crippen MR) is 75.3 cm³/mol. The fourth-order valence-corrected chi connectivity index (χ4v) is 4.48. The van der Waals surface area contributed by atoms with Gasteiger partial charge in [-0.15, -0.1) is 35.0 Å². The molecule has 1 fully saturated rings. The normalized spacial score (nSPS) is 31.7. The zero-order valence-corrected chi connectivity index (χ0v) is 12.8. The van der Waals surface area contributed by atoms with Crippen LogP contribution in [-0.4, -0.2) is 25.1 Å². The number of rotatable bonds is 3. The minimum absolute atomic E-state index is 0.304. The van der Waals surface area contributed by atoms with E-state index < -0.39 is 19.2 Å². The minimum atomic E-state index is -1.55. The van der Waals surface area contributed by atoms with Gasteiger partial charge in [-0.25, -0.2) is 0 Å². The smallest absolute Gasteiger partial charge is 0.244 e. The summed E-state index contributed by atoms with van der Waals surface area (Å²) < 4.78 is -2.56. The summed E-state index contributed by atoms with van der Waals surface area (Å²) in [7, 11) is 0. The lowest BCUT2D eigenvalue weighted by molar-refractivity contribution is -0.125. The number of allylic oxidation sites excluding steroid dienone is 2. The van der Waals surface area contributed by atoms with Crippen molar-refractivity contribution in [3.8, 4) is 0 Å². The van der Waals surface area contributed by atoms with Gasteiger partial charge < -0.3 is 0 Å². The number of imide groups is 1. The fraction of sp³-hybridized carbons (Fsp3) is 0.600. The molecule has 8 heteroatoms. The van der Waals surface area contributed by atoms with E-state index in [0.717, 1.165) is 11.8 Å². The van der Waals surface area contributed by atoms with E-state index in [1.807, 2.05) is 12.2 Å². The van der Waals surface area contributed by atoms with E-state index in [1.165, 1.54) is 0 Å². The molecule has 0 radical (unpaired) electrons. The van der Waals surface area contributed by atoms with Gasteiger partial charge in [0.25, 0.3) is 0 Å². The van der Waals surface area contributed by atoms with Crippen LogP contribution in [0.5, 0.6) is 0 Å². The highest BCUT2D eigenvalue weighted by Gasteiger charge is 2.59. The standard InChI is InChI=1S/C10H9Cl4NO2S/c11-7(12)10(13,14)18-9-4-2-1-3-5(9)6(16)15-8(9)17/h1-2,5,7H,3-4H2,(H,15,16,17). The summed E-state index contributed by atoms with van der Waals surface area (Å²) in [5.74, 6) is -1.17. The molecule has 3 nitrogen and oxygen atoms in total. The second-order valence-corrected chi connectivity index (χ2v) is 8.64. The number of halogens is 4. The van der Waals surface area contributed by atoms with Gasteiger partial charge in [-0.3, -0.25) is 14.9 Å². The average Bonchev–Trinajstić information content (AvgIpc) is 2.51. The van der Waals surface area contributed by atoms with Crippen LogP contribution in [0.1, 0.15) is 12.8 Å². The quantitative estimate of drug-likeness (QED) is 0.484. The van der Waals surface area contributed by atoms with Gasteiger partial charge >= 0.3 is 0 Å².